The summed E-state index contributed by atoms with van der Waals surface area (Å²) in [4.78, 5) is 22.9. The number of aliphatic carboxylic acids is 1. The molecular formula is C10H9ClFNO3. The van der Waals surface area contributed by atoms with E-state index in [9.17, 15) is 14.0 Å². The molecule has 4 nitrogen and oxygen atoms in total. The summed E-state index contributed by atoms with van der Waals surface area (Å²) in [5, 5.41) is 8.66. The lowest BCUT2D eigenvalue weighted by Gasteiger charge is -2.14. The Morgan fingerprint density at radius 1 is 1.50 bits per heavy atom. The Kier molecular flexibility index (Phi) is 3.84. The van der Waals surface area contributed by atoms with Gasteiger partial charge in [0, 0.05) is 12.1 Å². The predicted molar refractivity (Wildman–Crippen MR) is 56.0 cm³/mol. The Balaban J connectivity index is 2.92. The number of hydrogen-bond donors (Lipinski definition) is 1. The van der Waals surface area contributed by atoms with Gasteiger partial charge in [-0.25, -0.2) is 4.39 Å². The number of nitrogens with zero attached hydrogens (tertiary/aromatic N) is 1. The number of carbonyl (C=O) groups is 2. The molecule has 0 fully saturated rings. The third-order valence-corrected chi connectivity index (χ3v) is 2.12. The lowest BCUT2D eigenvalue weighted by molar-refractivity contribution is -0.137. The average Bonchev–Trinajstić information content (AvgIpc) is 2.15. The molecule has 16 heavy (non-hydrogen) atoms. The van der Waals surface area contributed by atoms with Gasteiger partial charge in [0.1, 0.15) is 12.4 Å². The van der Waals surface area contributed by atoms with Gasteiger partial charge in [0.15, 0.2) is 0 Å². The largest absolute Gasteiger partial charge is 0.480 e. The molecule has 0 aromatic heterocycles. The third-order valence-electron chi connectivity index (χ3n) is 1.88. The molecule has 1 N–H and O–H groups in total. The SMILES string of the molecule is CN(CC(=O)O)C(=O)c1ccc(Cl)cc1F. The van der Waals surface area contributed by atoms with Crippen molar-refractivity contribution >= 4 is 23.5 Å². The van der Waals surface area contributed by atoms with Crippen molar-refractivity contribution < 1.29 is 19.1 Å². The van der Waals surface area contributed by atoms with Gasteiger partial charge in [-0.3, -0.25) is 9.59 Å². The fourth-order valence-corrected chi connectivity index (χ4v) is 1.30. The zero-order chi connectivity index (χ0) is 12.3. The Bertz CT molecular complexity index is 436. The summed E-state index contributed by atoms with van der Waals surface area (Å²) in [6, 6.07) is 3.59. The third kappa shape index (κ3) is 2.93. The normalized spacial score (nSPS) is 9.94. The molecule has 0 aliphatic carbocycles. The van der Waals surface area contributed by atoms with Crippen LogP contribution in [0.1, 0.15) is 10.4 Å². The van der Waals surface area contributed by atoms with E-state index in [0.717, 1.165) is 11.0 Å². The molecule has 0 saturated carbocycles. The quantitative estimate of drug-likeness (QED) is 0.881. The summed E-state index contributed by atoms with van der Waals surface area (Å²) in [6.07, 6.45) is 0. The second kappa shape index (κ2) is 4.94. The van der Waals surface area contributed by atoms with Crippen molar-refractivity contribution in [1.82, 2.24) is 4.90 Å². The first-order valence-corrected chi connectivity index (χ1v) is 4.72. The summed E-state index contributed by atoms with van der Waals surface area (Å²) in [5.41, 5.74) is -0.201. The number of carbonyl (C=O) groups excluding carboxylic acids is 1. The molecule has 0 saturated heterocycles. The van der Waals surface area contributed by atoms with Gasteiger partial charge < -0.3 is 10.0 Å². The van der Waals surface area contributed by atoms with Gasteiger partial charge in [0.05, 0.1) is 5.56 Å². The Morgan fingerprint density at radius 3 is 2.62 bits per heavy atom. The first kappa shape index (κ1) is 12.4. The zero-order valence-electron chi connectivity index (χ0n) is 8.41. The summed E-state index contributed by atoms with van der Waals surface area (Å²) in [5.74, 6) is -2.63. The van der Waals surface area contributed by atoms with E-state index in [1.54, 1.807) is 0 Å². The summed E-state index contributed by atoms with van der Waals surface area (Å²) in [7, 11) is 1.28. The number of halogens is 2. The van der Waals surface area contributed by atoms with Crippen LogP contribution in [-0.2, 0) is 4.79 Å². The molecule has 1 aromatic carbocycles. The number of amides is 1. The Morgan fingerprint density at radius 2 is 2.12 bits per heavy atom. The van der Waals surface area contributed by atoms with E-state index in [4.69, 9.17) is 16.7 Å². The molecule has 0 heterocycles. The molecule has 0 unspecified atom stereocenters. The van der Waals surface area contributed by atoms with Crippen molar-refractivity contribution in [2.75, 3.05) is 13.6 Å². The molecule has 0 aliphatic heterocycles. The molecule has 86 valence electrons. The van der Waals surface area contributed by atoms with E-state index in [-0.39, 0.29) is 10.6 Å². The highest BCUT2D eigenvalue weighted by molar-refractivity contribution is 6.30. The van der Waals surface area contributed by atoms with Crippen molar-refractivity contribution in [2.24, 2.45) is 0 Å². The van der Waals surface area contributed by atoms with Crippen LogP contribution in [0.3, 0.4) is 0 Å². The van der Waals surface area contributed by atoms with Gasteiger partial charge in [-0.2, -0.15) is 0 Å². The van der Waals surface area contributed by atoms with Gasteiger partial charge in [-0.1, -0.05) is 11.6 Å². The maximum absolute atomic E-state index is 13.3. The van der Waals surface area contributed by atoms with Crippen LogP contribution in [0.25, 0.3) is 0 Å². The van der Waals surface area contributed by atoms with Crippen LogP contribution in [-0.4, -0.2) is 35.5 Å². The minimum Gasteiger partial charge on any atom is -0.480 e. The van der Waals surface area contributed by atoms with Gasteiger partial charge in [-0.05, 0) is 18.2 Å². The fourth-order valence-electron chi connectivity index (χ4n) is 1.14. The topological polar surface area (TPSA) is 57.6 Å². The van der Waals surface area contributed by atoms with E-state index in [1.807, 2.05) is 0 Å². The number of carboxylic acid groups (broad SMARTS) is 1. The molecule has 6 heteroatoms. The minimum absolute atomic E-state index is 0.176. The number of benzene rings is 1. The zero-order valence-corrected chi connectivity index (χ0v) is 9.16. The fraction of sp³-hybridized carbons (Fsp3) is 0.200. The number of hydrogen-bond acceptors (Lipinski definition) is 2. The van der Waals surface area contributed by atoms with Crippen LogP contribution in [0.4, 0.5) is 4.39 Å². The highest BCUT2D eigenvalue weighted by Gasteiger charge is 2.17. The molecule has 1 aromatic rings. The van der Waals surface area contributed by atoms with Crippen molar-refractivity contribution in [3.63, 3.8) is 0 Å². The van der Waals surface area contributed by atoms with Crippen molar-refractivity contribution in [2.45, 2.75) is 0 Å². The smallest absolute Gasteiger partial charge is 0.323 e. The Hall–Kier alpha value is -1.62. The highest BCUT2D eigenvalue weighted by atomic mass is 35.5. The van der Waals surface area contributed by atoms with Crippen LogP contribution in [0.2, 0.25) is 5.02 Å². The van der Waals surface area contributed by atoms with E-state index < -0.39 is 24.2 Å². The second-order valence-corrected chi connectivity index (χ2v) is 3.62. The summed E-state index contributed by atoms with van der Waals surface area (Å²) >= 11 is 5.53. The van der Waals surface area contributed by atoms with Gasteiger partial charge in [0.25, 0.3) is 5.91 Å². The molecule has 1 rings (SSSR count). The molecule has 0 spiro atoms. The highest BCUT2D eigenvalue weighted by Crippen LogP contribution is 2.15. The van der Waals surface area contributed by atoms with Crippen LogP contribution in [0.5, 0.6) is 0 Å². The standard InChI is InChI=1S/C10H9ClFNO3/c1-13(5-9(14)15)10(16)7-3-2-6(11)4-8(7)12/h2-4H,5H2,1H3,(H,14,15). The number of rotatable bonds is 3. The monoisotopic (exact) mass is 245 g/mol. The predicted octanol–water partition coefficient (Wildman–Crippen LogP) is 1.64. The van der Waals surface area contributed by atoms with Crippen molar-refractivity contribution in [3.05, 3.63) is 34.6 Å². The maximum Gasteiger partial charge on any atom is 0.323 e. The lowest BCUT2D eigenvalue weighted by atomic mass is 10.2. The number of carboxylic acids is 1. The summed E-state index contributed by atoms with van der Waals surface area (Å²) in [6.45, 7) is -0.485. The second-order valence-electron chi connectivity index (χ2n) is 3.18. The van der Waals surface area contributed by atoms with Crippen molar-refractivity contribution in [1.29, 1.82) is 0 Å². The molecule has 0 aliphatic rings. The van der Waals surface area contributed by atoms with Gasteiger partial charge in [0.2, 0.25) is 0 Å². The molecule has 1 amide bonds. The van der Waals surface area contributed by atoms with Crippen LogP contribution < -0.4 is 0 Å². The van der Waals surface area contributed by atoms with E-state index in [2.05, 4.69) is 0 Å². The van der Waals surface area contributed by atoms with Gasteiger partial charge in [-0.15, -0.1) is 0 Å². The van der Waals surface area contributed by atoms with E-state index >= 15 is 0 Å². The van der Waals surface area contributed by atoms with E-state index in [1.165, 1.54) is 19.2 Å². The Labute approximate surface area is 96.2 Å². The maximum atomic E-state index is 13.3. The summed E-state index contributed by atoms with van der Waals surface area (Å²) < 4.78 is 13.3. The molecule has 0 radical (unpaired) electrons. The lowest BCUT2D eigenvalue weighted by Crippen LogP contribution is -2.32. The first-order valence-electron chi connectivity index (χ1n) is 4.34. The van der Waals surface area contributed by atoms with Gasteiger partial charge >= 0.3 is 5.97 Å². The van der Waals surface area contributed by atoms with Crippen LogP contribution >= 0.6 is 11.6 Å². The van der Waals surface area contributed by atoms with E-state index in [0.29, 0.717) is 0 Å². The minimum atomic E-state index is -1.16. The molecular weight excluding hydrogens is 237 g/mol. The first-order chi connectivity index (χ1) is 7.41. The van der Waals surface area contributed by atoms with Crippen LogP contribution in [0.15, 0.2) is 18.2 Å². The van der Waals surface area contributed by atoms with Crippen LogP contribution in [0, 0.1) is 5.82 Å². The molecule has 0 bridgehead atoms. The van der Waals surface area contributed by atoms with Crippen molar-refractivity contribution in [3.8, 4) is 0 Å². The average molecular weight is 246 g/mol. The molecule has 0 atom stereocenters. The number of likely N-dealkylation sites (N-methyl/N-ethyl adjacent to an activating group) is 1.